The molecule has 1 aliphatic heterocycles. The Bertz CT molecular complexity index is 1330. The molecule has 0 fully saturated rings. The number of amides is 2. The maximum absolute atomic E-state index is 12.6. The summed E-state index contributed by atoms with van der Waals surface area (Å²) in [5.74, 6) is -0.760. The Morgan fingerprint density at radius 3 is 2.74 bits per heavy atom. The van der Waals surface area contributed by atoms with Crippen molar-refractivity contribution in [1.82, 2.24) is 9.47 Å². The molecule has 1 aliphatic rings. The zero-order chi connectivity index (χ0) is 21.4. The fourth-order valence-electron chi connectivity index (χ4n) is 3.87. The molecule has 0 radical (unpaired) electrons. The summed E-state index contributed by atoms with van der Waals surface area (Å²) in [6.07, 6.45) is 2.21. The highest BCUT2D eigenvalue weighted by atomic mass is 16.4. The number of aromatic nitrogens is 1. The summed E-state index contributed by atoms with van der Waals surface area (Å²) in [5.41, 5.74) is 3.72. The van der Waals surface area contributed by atoms with E-state index in [1.165, 1.54) is 10.8 Å². The van der Waals surface area contributed by atoms with Crippen LogP contribution >= 0.6 is 0 Å². The Balaban J connectivity index is 1.31. The number of carbonyl (C=O) groups excluding carboxylic acids is 2. The van der Waals surface area contributed by atoms with Gasteiger partial charge in [-0.25, -0.2) is 4.79 Å². The van der Waals surface area contributed by atoms with E-state index in [1.807, 2.05) is 18.2 Å². The van der Waals surface area contributed by atoms with Crippen LogP contribution in [-0.4, -0.2) is 27.8 Å². The predicted molar refractivity (Wildman–Crippen MR) is 113 cm³/mol. The van der Waals surface area contributed by atoms with Crippen molar-refractivity contribution in [2.45, 2.75) is 19.5 Å². The monoisotopic (exact) mass is 417 g/mol. The summed E-state index contributed by atoms with van der Waals surface area (Å²) >= 11 is 0. The van der Waals surface area contributed by atoms with Crippen LogP contribution < -0.4 is 11.1 Å². The van der Waals surface area contributed by atoms with Crippen LogP contribution in [0.4, 0.5) is 5.69 Å². The number of para-hydroxylation sites is 2. The smallest absolute Gasteiger partial charge is 0.420 e. The largest absolute Gasteiger partial charge is 0.459 e. The molecule has 0 spiro atoms. The van der Waals surface area contributed by atoms with E-state index in [0.717, 1.165) is 17.5 Å². The Kier molecular flexibility index (Phi) is 4.66. The minimum atomic E-state index is -0.575. The van der Waals surface area contributed by atoms with Crippen LogP contribution in [0.5, 0.6) is 0 Å². The highest BCUT2D eigenvalue weighted by Crippen LogP contribution is 2.24. The van der Waals surface area contributed by atoms with Gasteiger partial charge in [0.2, 0.25) is 5.91 Å². The van der Waals surface area contributed by atoms with Crippen LogP contribution in [0.3, 0.4) is 0 Å². The van der Waals surface area contributed by atoms with E-state index in [2.05, 4.69) is 5.32 Å². The van der Waals surface area contributed by atoms with E-state index in [0.29, 0.717) is 35.6 Å². The molecular weight excluding hydrogens is 398 g/mol. The number of nitrogens with zero attached hydrogens (tertiary/aromatic N) is 2. The third-order valence-corrected chi connectivity index (χ3v) is 5.40. The predicted octanol–water partition coefficient (Wildman–Crippen LogP) is 3.02. The molecule has 0 bridgehead atoms. The average Bonchev–Trinajstić information content (AvgIpc) is 3.41. The zero-order valence-electron chi connectivity index (χ0n) is 16.5. The summed E-state index contributed by atoms with van der Waals surface area (Å²) in [4.78, 5) is 39.0. The number of benzene rings is 2. The van der Waals surface area contributed by atoms with Gasteiger partial charge in [-0.1, -0.05) is 18.2 Å². The number of nitrogens with one attached hydrogen (secondary N) is 1. The molecule has 2 aromatic heterocycles. The van der Waals surface area contributed by atoms with E-state index < -0.39 is 5.76 Å². The lowest BCUT2D eigenvalue weighted by molar-refractivity contribution is -0.116. The Morgan fingerprint density at radius 1 is 1.03 bits per heavy atom. The molecule has 1 N–H and O–H groups in total. The van der Waals surface area contributed by atoms with Crippen LogP contribution in [0.1, 0.15) is 21.7 Å². The number of hydrogen-bond donors (Lipinski definition) is 1. The molecule has 31 heavy (non-hydrogen) atoms. The molecule has 5 rings (SSSR count). The molecule has 4 aromatic rings. The average molecular weight is 417 g/mol. The second-order valence-corrected chi connectivity index (χ2v) is 7.41. The lowest BCUT2D eigenvalue weighted by atomic mass is 9.99. The van der Waals surface area contributed by atoms with Crippen LogP contribution in [0, 0.1) is 0 Å². The van der Waals surface area contributed by atoms with Gasteiger partial charge in [0.15, 0.2) is 11.3 Å². The highest BCUT2D eigenvalue weighted by Gasteiger charge is 2.24. The third-order valence-electron chi connectivity index (χ3n) is 5.40. The number of rotatable bonds is 4. The molecule has 0 atom stereocenters. The molecule has 0 unspecified atom stereocenters. The number of anilines is 1. The van der Waals surface area contributed by atoms with Gasteiger partial charge in [-0.05, 0) is 53.9 Å². The molecular formula is C23H19N3O5. The van der Waals surface area contributed by atoms with Gasteiger partial charge < -0.3 is 19.1 Å². The summed E-state index contributed by atoms with van der Waals surface area (Å²) in [5, 5.41) is 2.83. The zero-order valence-corrected chi connectivity index (χ0v) is 16.5. The van der Waals surface area contributed by atoms with Gasteiger partial charge in [0.1, 0.15) is 6.54 Å². The molecule has 2 amide bonds. The van der Waals surface area contributed by atoms with Gasteiger partial charge in [0, 0.05) is 18.8 Å². The number of furan rings is 1. The van der Waals surface area contributed by atoms with Gasteiger partial charge in [-0.3, -0.25) is 14.2 Å². The number of oxazole rings is 1. The van der Waals surface area contributed by atoms with E-state index in [4.69, 9.17) is 8.83 Å². The fraction of sp³-hybridized carbons (Fsp3) is 0.174. The van der Waals surface area contributed by atoms with Crippen LogP contribution in [-0.2, 0) is 24.3 Å². The SMILES string of the molecule is O=C(Cn1c(=O)oc2ccccc21)Nc1ccc2c(c1)CN(C(=O)c1ccco1)CC2. The minimum absolute atomic E-state index is 0.156. The van der Waals surface area contributed by atoms with Crippen molar-refractivity contribution in [2.24, 2.45) is 0 Å². The number of carbonyl (C=O) groups is 2. The summed E-state index contributed by atoms with van der Waals surface area (Å²) in [6.45, 7) is 0.884. The lowest BCUT2D eigenvalue weighted by Gasteiger charge is -2.28. The quantitative estimate of drug-likeness (QED) is 0.550. The van der Waals surface area contributed by atoms with Crippen LogP contribution in [0.2, 0.25) is 0 Å². The maximum Gasteiger partial charge on any atom is 0.420 e. The van der Waals surface area contributed by atoms with Gasteiger partial charge in [0.25, 0.3) is 5.91 Å². The second-order valence-electron chi connectivity index (χ2n) is 7.41. The Labute approximate surface area is 176 Å². The summed E-state index contributed by atoms with van der Waals surface area (Å²) in [6, 6.07) is 16.0. The van der Waals surface area contributed by atoms with Crippen molar-refractivity contribution in [3.05, 3.63) is 88.3 Å². The Morgan fingerprint density at radius 2 is 1.90 bits per heavy atom. The number of hydrogen-bond acceptors (Lipinski definition) is 5. The normalized spacial score (nSPS) is 13.2. The maximum atomic E-state index is 12.6. The van der Waals surface area contributed by atoms with Gasteiger partial charge in [0.05, 0.1) is 11.8 Å². The van der Waals surface area contributed by atoms with Crippen molar-refractivity contribution >= 4 is 28.6 Å². The van der Waals surface area contributed by atoms with Crippen molar-refractivity contribution < 1.29 is 18.4 Å². The van der Waals surface area contributed by atoms with Crippen molar-refractivity contribution in [2.75, 3.05) is 11.9 Å². The topological polar surface area (TPSA) is 97.7 Å². The first-order valence-electron chi connectivity index (χ1n) is 9.91. The Hall–Kier alpha value is -4.07. The molecule has 2 aromatic carbocycles. The van der Waals surface area contributed by atoms with E-state index in [9.17, 15) is 14.4 Å². The molecule has 0 saturated carbocycles. The van der Waals surface area contributed by atoms with Crippen molar-refractivity contribution in [3.63, 3.8) is 0 Å². The first kappa shape index (κ1) is 18.9. The second kappa shape index (κ2) is 7.64. The number of fused-ring (bicyclic) bond motifs is 2. The van der Waals surface area contributed by atoms with Gasteiger partial charge in [-0.2, -0.15) is 0 Å². The fourth-order valence-corrected chi connectivity index (χ4v) is 3.87. The molecule has 8 heteroatoms. The van der Waals surface area contributed by atoms with Crippen molar-refractivity contribution in [1.29, 1.82) is 0 Å². The first-order valence-corrected chi connectivity index (χ1v) is 9.91. The van der Waals surface area contributed by atoms with Crippen LogP contribution in [0.15, 0.2) is 74.5 Å². The summed E-state index contributed by atoms with van der Waals surface area (Å²) in [7, 11) is 0. The van der Waals surface area contributed by atoms with Crippen LogP contribution in [0.25, 0.3) is 11.1 Å². The minimum Gasteiger partial charge on any atom is -0.459 e. The molecule has 0 saturated heterocycles. The summed E-state index contributed by atoms with van der Waals surface area (Å²) < 4.78 is 11.7. The van der Waals surface area contributed by atoms with E-state index in [-0.39, 0.29) is 18.4 Å². The van der Waals surface area contributed by atoms with E-state index >= 15 is 0 Å². The van der Waals surface area contributed by atoms with Gasteiger partial charge in [-0.15, -0.1) is 0 Å². The first-order chi connectivity index (χ1) is 15.1. The van der Waals surface area contributed by atoms with Crippen molar-refractivity contribution in [3.8, 4) is 0 Å². The standard InChI is InChI=1S/C23H19N3O5/c27-21(14-26-18-4-1-2-5-19(18)31-23(26)29)24-17-8-7-15-9-10-25(13-16(15)12-17)22(28)20-6-3-11-30-20/h1-8,11-12H,9-10,13-14H2,(H,24,27). The molecule has 3 heterocycles. The molecule has 156 valence electrons. The van der Waals surface area contributed by atoms with E-state index in [1.54, 1.807) is 41.3 Å². The lowest BCUT2D eigenvalue weighted by Crippen LogP contribution is -2.35. The molecule has 0 aliphatic carbocycles. The highest BCUT2D eigenvalue weighted by molar-refractivity contribution is 5.92. The molecule has 8 nitrogen and oxygen atoms in total. The van der Waals surface area contributed by atoms with Gasteiger partial charge >= 0.3 is 5.76 Å². The third kappa shape index (κ3) is 3.63.